The molecule has 0 saturated heterocycles. The first-order valence-electron chi connectivity index (χ1n) is 11.3. The van der Waals surface area contributed by atoms with Crippen molar-refractivity contribution in [2.24, 2.45) is 7.05 Å². The van der Waals surface area contributed by atoms with Crippen LogP contribution in [0.25, 0.3) is 11.1 Å². The van der Waals surface area contributed by atoms with Gasteiger partial charge in [-0.2, -0.15) is 10.2 Å². The highest BCUT2D eigenvalue weighted by Crippen LogP contribution is 2.23. The second kappa shape index (κ2) is 11.4. The summed E-state index contributed by atoms with van der Waals surface area (Å²) in [6.07, 6.45) is 0.446. The molecule has 0 aliphatic heterocycles. The molecule has 0 fully saturated rings. The van der Waals surface area contributed by atoms with Crippen LogP contribution in [0, 0.1) is 0 Å². The van der Waals surface area contributed by atoms with Crippen LogP contribution in [0.3, 0.4) is 0 Å². The second-order valence-electron chi connectivity index (χ2n) is 9.18. The van der Waals surface area contributed by atoms with Crippen LogP contribution in [0.1, 0.15) is 38.2 Å². The lowest BCUT2D eigenvalue weighted by Gasteiger charge is -2.23. The molecular weight excluding hydrogens is 500 g/mol. The molecule has 1 aromatic carbocycles. The summed E-state index contributed by atoms with van der Waals surface area (Å²) in [5, 5.41) is 16.9. The van der Waals surface area contributed by atoms with Crippen molar-refractivity contribution in [2.75, 3.05) is 18.7 Å². The number of hydrogen-bond acceptors (Lipinski definition) is 8. The smallest absolute Gasteiger partial charge is 0.411 e. The first kappa shape index (κ1) is 27.6. The van der Waals surface area contributed by atoms with E-state index < -0.39 is 40.2 Å². The van der Waals surface area contributed by atoms with Gasteiger partial charge in [-0.05, 0) is 50.6 Å². The fourth-order valence-electron chi connectivity index (χ4n) is 3.47. The lowest BCUT2D eigenvalue weighted by Crippen LogP contribution is -2.36. The Kier molecular flexibility index (Phi) is 8.48. The van der Waals surface area contributed by atoms with Crippen molar-refractivity contribution in [2.45, 2.75) is 43.9 Å². The fourth-order valence-corrected chi connectivity index (χ4v) is 4.17. The van der Waals surface area contributed by atoms with Crippen molar-refractivity contribution in [1.82, 2.24) is 25.3 Å². The summed E-state index contributed by atoms with van der Waals surface area (Å²) >= 11 is 0. The topological polar surface area (TPSA) is 157 Å². The molecule has 0 aliphatic carbocycles. The number of amides is 2. The lowest BCUT2D eigenvalue weighted by atomic mass is 10.0. The number of methoxy groups -OCH3 is 1. The molecule has 3 N–H and O–H groups in total. The highest BCUT2D eigenvalue weighted by Gasteiger charge is 2.25. The van der Waals surface area contributed by atoms with Gasteiger partial charge >= 0.3 is 12.2 Å². The largest absolute Gasteiger partial charge is 0.453 e. The minimum Gasteiger partial charge on any atom is -0.453 e. The summed E-state index contributed by atoms with van der Waals surface area (Å²) in [5.74, 6) is 0. The normalized spacial score (nSPS) is 12.9. The summed E-state index contributed by atoms with van der Waals surface area (Å²) < 4.78 is 23.5. The Labute approximate surface area is 216 Å². The Morgan fingerprint density at radius 1 is 1.16 bits per heavy atom. The van der Waals surface area contributed by atoms with Gasteiger partial charge in [0.05, 0.1) is 40.9 Å². The number of nitrogens with zero attached hydrogens (tertiary/aromatic N) is 3. The molecule has 3 rings (SSSR count). The van der Waals surface area contributed by atoms with E-state index in [0.717, 1.165) is 0 Å². The number of aromatic amines is 1. The van der Waals surface area contributed by atoms with Gasteiger partial charge in [-0.1, -0.05) is 12.1 Å². The van der Waals surface area contributed by atoms with Gasteiger partial charge in [0.15, 0.2) is 0 Å². The predicted molar refractivity (Wildman–Crippen MR) is 138 cm³/mol. The molecule has 2 aromatic heterocycles. The van der Waals surface area contributed by atoms with Crippen molar-refractivity contribution in [3.05, 3.63) is 58.1 Å². The summed E-state index contributed by atoms with van der Waals surface area (Å²) in [6.45, 7) is 5.26. The molecule has 13 heteroatoms. The fraction of sp³-hybridized carbons (Fsp3) is 0.375. The van der Waals surface area contributed by atoms with Crippen molar-refractivity contribution >= 4 is 28.7 Å². The quantitative estimate of drug-likeness (QED) is 0.421. The van der Waals surface area contributed by atoms with Crippen LogP contribution in [-0.2, 0) is 33.7 Å². The van der Waals surface area contributed by atoms with Crippen LogP contribution in [0.2, 0.25) is 0 Å². The number of rotatable bonds is 7. The summed E-state index contributed by atoms with van der Waals surface area (Å²) in [7, 11) is 1.64. The third-order valence-corrected chi connectivity index (χ3v) is 6.07. The summed E-state index contributed by atoms with van der Waals surface area (Å²) in [5.41, 5.74) is 1.26. The number of carbonyl (C=O) groups excluding carboxylic acids is 2. The van der Waals surface area contributed by atoms with Crippen molar-refractivity contribution in [3.63, 3.8) is 0 Å². The Bertz CT molecular complexity index is 1360. The SMILES string of the molecule is COC(=O)Nc1ccc(-c2cc(C[C@H](NC(=O)OC(C)(C)C)c3cc(S(C)=O)n(C)n3)n[nH]c2=O)cc1. The Hall–Kier alpha value is -4.00. The van der Waals surface area contributed by atoms with Gasteiger partial charge in [-0.25, -0.2) is 14.7 Å². The summed E-state index contributed by atoms with van der Waals surface area (Å²) in [6, 6.07) is 9.22. The molecular formula is C24H30N6O6S. The van der Waals surface area contributed by atoms with E-state index in [-0.39, 0.29) is 6.42 Å². The molecule has 0 spiro atoms. The molecule has 2 atom stereocenters. The van der Waals surface area contributed by atoms with Crippen LogP contribution in [-0.4, -0.2) is 55.3 Å². The lowest BCUT2D eigenvalue weighted by molar-refractivity contribution is 0.0501. The third kappa shape index (κ3) is 7.49. The van der Waals surface area contributed by atoms with Crippen molar-refractivity contribution in [1.29, 1.82) is 0 Å². The molecule has 37 heavy (non-hydrogen) atoms. The van der Waals surface area contributed by atoms with Gasteiger partial charge in [0.1, 0.15) is 10.6 Å². The number of aryl methyl sites for hydroxylation is 1. The maximum Gasteiger partial charge on any atom is 0.411 e. The number of H-pyrrole nitrogens is 1. The van der Waals surface area contributed by atoms with Crippen LogP contribution in [0.15, 0.2) is 46.2 Å². The van der Waals surface area contributed by atoms with E-state index in [1.54, 1.807) is 70.5 Å². The second-order valence-corrected chi connectivity index (χ2v) is 10.5. The Morgan fingerprint density at radius 2 is 1.84 bits per heavy atom. The van der Waals surface area contributed by atoms with E-state index in [2.05, 4.69) is 30.7 Å². The van der Waals surface area contributed by atoms with Gasteiger partial charge in [-0.15, -0.1) is 0 Å². The predicted octanol–water partition coefficient (Wildman–Crippen LogP) is 2.89. The average molecular weight is 531 g/mol. The van der Waals surface area contributed by atoms with Crippen molar-refractivity contribution in [3.8, 4) is 11.1 Å². The zero-order valence-corrected chi connectivity index (χ0v) is 22.3. The van der Waals surface area contributed by atoms with Gasteiger partial charge in [0.2, 0.25) is 0 Å². The van der Waals surface area contributed by atoms with E-state index in [4.69, 9.17) is 4.74 Å². The van der Waals surface area contributed by atoms with Crippen LogP contribution in [0.4, 0.5) is 15.3 Å². The van der Waals surface area contributed by atoms with Crippen molar-refractivity contribution < 1.29 is 23.3 Å². The van der Waals surface area contributed by atoms with Gasteiger partial charge in [-0.3, -0.25) is 19.0 Å². The zero-order chi connectivity index (χ0) is 27.3. The van der Waals surface area contributed by atoms with Crippen LogP contribution in [0.5, 0.6) is 0 Å². The molecule has 0 radical (unpaired) electrons. The summed E-state index contributed by atoms with van der Waals surface area (Å²) in [4.78, 5) is 36.5. The average Bonchev–Trinajstić information content (AvgIpc) is 3.21. The number of anilines is 1. The number of nitrogens with one attached hydrogen (secondary N) is 3. The molecule has 12 nitrogen and oxygen atoms in total. The molecule has 198 valence electrons. The van der Waals surface area contributed by atoms with Crippen LogP contribution < -0.4 is 16.2 Å². The molecule has 0 aliphatic rings. The van der Waals surface area contributed by atoms with E-state index >= 15 is 0 Å². The molecule has 1 unspecified atom stereocenters. The highest BCUT2D eigenvalue weighted by molar-refractivity contribution is 7.84. The number of alkyl carbamates (subject to hydrolysis) is 1. The van der Waals surface area contributed by atoms with Gasteiger partial charge in [0.25, 0.3) is 5.56 Å². The number of benzene rings is 1. The maximum absolute atomic E-state index is 12.6. The Morgan fingerprint density at radius 3 is 2.41 bits per heavy atom. The monoisotopic (exact) mass is 530 g/mol. The minimum absolute atomic E-state index is 0.164. The van der Waals surface area contributed by atoms with Crippen LogP contribution >= 0.6 is 0 Å². The zero-order valence-electron chi connectivity index (χ0n) is 21.4. The molecule has 0 saturated carbocycles. The van der Waals surface area contributed by atoms with E-state index in [1.165, 1.54) is 11.8 Å². The molecule has 0 bridgehead atoms. The Balaban J connectivity index is 1.92. The molecule has 2 heterocycles. The standard InChI is InChI=1S/C24H30N6O6S/c1-24(2,3)36-23(33)26-18(19-13-20(37(6)34)30(4)29-19)12-16-11-17(21(31)28-27-16)14-7-9-15(10-8-14)25-22(32)35-5/h7-11,13,18H,12H2,1-6H3,(H,25,32)(H,26,33)(H,28,31)/t18-,37?/m0/s1. The number of ether oxygens (including phenoxy) is 2. The third-order valence-electron chi connectivity index (χ3n) is 5.10. The number of carbonyl (C=O) groups is 2. The van der Waals surface area contributed by atoms with Gasteiger partial charge < -0.3 is 14.8 Å². The number of aromatic nitrogens is 4. The number of hydrogen-bond donors (Lipinski definition) is 3. The maximum atomic E-state index is 12.6. The van der Waals surface area contributed by atoms with E-state index in [0.29, 0.717) is 33.2 Å². The van der Waals surface area contributed by atoms with E-state index in [1.807, 2.05) is 0 Å². The first-order valence-corrected chi connectivity index (χ1v) is 12.8. The minimum atomic E-state index is -1.29. The van der Waals surface area contributed by atoms with E-state index in [9.17, 15) is 18.6 Å². The van der Waals surface area contributed by atoms with Gasteiger partial charge in [0, 0.05) is 25.4 Å². The molecule has 3 aromatic rings. The molecule has 2 amide bonds. The highest BCUT2D eigenvalue weighted by atomic mass is 32.2. The first-order chi connectivity index (χ1) is 17.4.